The van der Waals surface area contributed by atoms with E-state index in [0.717, 1.165) is 6.42 Å². The summed E-state index contributed by atoms with van der Waals surface area (Å²) in [5.74, 6) is 0.367. The fourth-order valence-corrected chi connectivity index (χ4v) is 3.12. The zero-order valence-electron chi connectivity index (χ0n) is 11.2. The molecule has 1 atom stereocenters. The van der Waals surface area contributed by atoms with Gasteiger partial charge in [0.25, 0.3) is 0 Å². The molecule has 0 aliphatic heterocycles. The van der Waals surface area contributed by atoms with Crippen LogP contribution in [-0.4, -0.2) is 35.2 Å². The molecule has 0 aliphatic carbocycles. The number of rotatable bonds is 8. The highest BCUT2D eigenvalue weighted by Gasteiger charge is 2.21. The number of unbranched alkanes of at least 4 members (excludes halogenated alkanes) is 1. The Bertz CT molecular complexity index is 428. The van der Waals surface area contributed by atoms with Crippen LogP contribution in [0.15, 0.2) is 12.4 Å². The third kappa shape index (κ3) is 5.14. The number of nitrogens with zero attached hydrogens (tertiary/aromatic N) is 3. The quantitative estimate of drug-likeness (QED) is 0.768. The Hall–Kier alpha value is -0.950. The van der Waals surface area contributed by atoms with Gasteiger partial charge in [-0.1, -0.05) is 27.2 Å². The number of aromatic nitrogens is 3. The average molecular weight is 274 g/mol. The molecule has 0 radical (unpaired) electrons. The Labute approximate surface area is 109 Å². The average Bonchev–Trinajstić information content (AvgIpc) is 2.78. The lowest BCUT2D eigenvalue weighted by Crippen LogP contribution is -2.42. The van der Waals surface area contributed by atoms with Crippen LogP contribution in [0.5, 0.6) is 0 Å². The van der Waals surface area contributed by atoms with Gasteiger partial charge in [-0.3, -0.25) is 0 Å². The van der Waals surface area contributed by atoms with Gasteiger partial charge in [0.2, 0.25) is 10.0 Å². The smallest absolute Gasteiger partial charge is 0.211 e. The van der Waals surface area contributed by atoms with Crippen molar-refractivity contribution in [2.24, 2.45) is 5.92 Å². The van der Waals surface area contributed by atoms with E-state index in [0.29, 0.717) is 13.0 Å². The van der Waals surface area contributed by atoms with Crippen molar-refractivity contribution in [1.82, 2.24) is 19.7 Å². The first-order chi connectivity index (χ1) is 8.44. The Morgan fingerprint density at radius 3 is 2.39 bits per heavy atom. The van der Waals surface area contributed by atoms with E-state index >= 15 is 0 Å². The molecule has 0 spiro atoms. The second-order valence-corrected chi connectivity index (χ2v) is 6.60. The van der Waals surface area contributed by atoms with Crippen molar-refractivity contribution in [2.45, 2.75) is 46.2 Å². The van der Waals surface area contributed by atoms with Crippen LogP contribution in [0.1, 0.15) is 33.6 Å². The second-order valence-electron chi connectivity index (χ2n) is 4.72. The number of sulfonamides is 1. The van der Waals surface area contributed by atoms with Gasteiger partial charge in [0.05, 0.1) is 24.7 Å². The summed E-state index contributed by atoms with van der Waals surface area (Å²) in [5.41, 5.74) is 0. The maximum absolute atomic E-state index is 11.9. The van der Waals surface area contributed by atoms with Crippen molar-refractivity contribution in [1.29, 1.82) is 0 Å². The van der Waals surface area contributed by atoms with E-state index in [9.17, 15) is 8.42 Å². The van der Waals surface area contributed by atoms with E-state index in [2.05, 4.69) is 14.9 Å². The number of hydrogen-bond donors (Lipinski definition) is 1. The largest absolute Gasteiger partial charge is 0.212 e. The zero-order valence-corrected chi connectivity index (χ0v) is 12.0. The summed E-state index contributed by atoms with van der Waals surface area (Å²) in [4.78, 5) is 1.51. The SMILES string of the molecule is CCCCS(=O)(=O)NC(Cn1nccn1)C(C)C. The van der Waals surface area contributed by atoms with Crippen molar-refractivity contribution >= 4 is 10.0 Å². The lowest BCUT2D eigenvalue weighted by Gasteiger charge is -2.21. The summed E-state index contributed by atoms with van der Waals surface area (Å²) < 4.78 is 26.5. The maximum atomic E-state index is 11.9. The summed E-state index contributed by atoms with van der Waals surface area (Å²) in [7, 11) is -3.21. The molecule has 0 saturated carbocycles. The molecule has 0 bridgehead atoms. The van der Waals surface area contributed by atoms with Crippen LogP contribution < -0.4 is 4.72 Å². The molecule has 1 unspecified atom stereocenters. The van der Waals surface area contributed by atoms with E-state index in [1.807, 2.05) is 20.8 Å². The Morgan fingerprint density at radius 2 is 1.89 bits per heavy atom. The molecule has 1 aromatic heterocycles. The van der Waals surface area contributed by atoms with Crippen LogP contribution >= 0.6 is 0 Å². The monoisotopic (exact) mass is 274 g/mol. The fourth-order valence-electron chi connectivity index (χ4n) is 1.52. The summed E-state index contributed by atoms with van der Waals surface area (Å²) in [5, 5.41) is 8.00. The van der Waals surface area contributed by atoms with Gasteiger partial charge < -0.3 is 0 Å². The summed E-state index contributed by atoms with van der Waals surface area (Å²) in [6.07, 6.45) is 4.72. The van der Waals surface area contributed by atoms with E-state index < -0.39 is 10.0 Å². The maximum Gasteiger partial charge on any atom is 0.211 e. The molecule has 0 aromatic carbocycles. The van der Waals surface area contributed by atoms with Crippen LogP contribution in [0.25, 0.3) is 0 Å². The minimum Gasteiger partial charge on any atom is -0.212 e. The highest BCUT2D eigenvalue weighted by Crippen LogP contribution is 2.06. The fraction of sp³-hybridized carbons (Fsp3) is 0.818. The minimum absolute atomic E-state index is 0.180. The van der Waals surface area contributed by atoms with Crippen molar-refractivity contribution in [3.63, 3.8) is 0 Å². The third-order valence-corrected chi connectivity index (χ3v) is 4.22. The molecule has 1 heterocycles. The molecule has 6 nitrogen and oxygen atoms in total. The highest BCUT2D eigenvalue weighted by molar-refractivity contribution is 7.89. The van der Waals surface area contributed by atoms with E-state index in [1.54, 1.807) is 12.4 Å². The van der Waals surface area contributed by atoms with E-state index in [-0.39, 0.29) is 17.7 Å². The molecule has 1 N–H and O–H groups in total. The van der Waals surface area contributed by atoms with Crippen LogP contribution in [0.2, 0.25) is 0 Å². The van der Waals surface area contributed by atoms with Crippen LogP contribution in [-0.2, 0) is 16.6 Å². The van der Waals surface area contributed by atoms with Crippen molar-refractivity contribution < 1.29 is 8.42 Å². The van der Waals surface area contributed by atoms with Crippen LogP contribution in [0.4, 0.5) is 0 Å². The molecule has 0 fully saturated rings. The molecule has 104 valence electrons. The molecule has 0 aliphatic rings. The van der Waals surface area contributed by atoms with Crippen molar-refractivity contribution in [3.8, 4) is 0 Å². The van der Waals surface area contributed by atoms with Gasteiger partial charge in [-0.15, -0.1) is 0 Å². The minimum atomic E-state index is -3.21. The number of hydrogen-bond acceptors (Lipinski definition) is 4. The summed E-state index contributed by atoms with van der Waals surface area (Å²) in [6, 6.07) is -0.181. The standard InChI is InChI=1S/C11H22N4O2S/c1-4-5-8-18(16,17)14-11(10(2)3)9-15-12-6-7-13-15/h6-7,10-11,14H,4-5,8-9H2,1-3H3. The predicted molar refractivity (Wildman–Crippen MR) is 70.5 cm³/mol. The zero-order chi connectivity index (χ0) is 13.6. The molecule has 7 heteroatoms. The first-order valence-corrected chi connectivity index (χ1v) is 7.94. The lowest BCUT2D eigenvalue weighted by atomic mass is 10.1. The van der Waals surface area contributed by atoms with Crippen molar-refractivity contribution in [3.05, 3.63) is 12.4 Å². The van der Waals surface area contributed by atoms with Gasteiger partial charge in [0, 0.05) is 6.04 Å². The van der Waals surface area contributed by atoms with Gasteiger partial charge in [-0.25, -0.2) is 13.1 Å². The Kier molecular flexibility index (Phi) is 5.74. The predicted octanol–water partition coefficient (Wildman–Crippen LogP) is 1.02. The van der Waals surface area contributed by atoms with E-state index in [4.69, 9.17) is 0 Å². The molecule has 0 saturated heterocycles. The molecular formula is C11H22N4O2S. The molecule has 0 amide bonds. The van der Waals surface area contributed by atoms with Gasteiger partial charge in [0.15, 0.2) is 0 Å². The lowest BCUT2D eigenvalue weighted by molar-refractivity contribution is 0.361. The molecule has 1 aromatic rings. The number of nitrogens with one attached hydrogen (secondary N) is 1. The third-order valence-electron chi connectivity index (χ3n) is 2.73. The van der Waals surface area contributed by atoms with Crippen molar-refractivity contribution in [2.75, 3.05) is 5.75 Å². The first kappa shape index (κ1) is 15.1. The van der Waals surface area contributed by atoms with Gasteiger partial charge in [0.1, 0.15) is 0 Å². The van der Waals surface area contributed by atoms with Crippen LogP contribution in [0, 0.1) is 5.92 Å². The summed E-state index contributed by atoms with van der Waals surface area (Å²) >= 11 is 0. The van der Waals surface area contributed by atoms with Crippen LogP contribution in [0.3, 0.4) is 0 Å². The normalized spacial score (nSPS) is 14.0. The molecule has 1 rings (SSSR count). The van der Waals surface area contributed by atoms with E-state index in [1.165, 1.54) is 4.80 Å². The van der Waals surface area contributed by atoms with Gasteiger partial charge in [-0.2, -0.15) is 15.0 Å². The Balaban J connectivity index is 2.63. The molecule has 18 heavy (non-hydrogen) atoms. The second kappa shape index (κ2) is 6.84. The van der Waals surface area contributed by atoms with Gasteiger partial charge >= 0.3 is 0 Å². The summed E-state index contributed by atoms with van der Waals surface area (Å²) in [6.45, 7) is 6.39. The first-order valence-electron chi connectivity index (χ1n) is 6.28. The Morgan fingerprint density at radius 1 is 1.28 bits per heavy atom. The molecular weight excluding hydrogens is 252 g/mol. The highest BCUT2D eigenvalue weighted by atomic mass is 32.2. The topological polar surface area (TPSA) is 76.9 Å². The van der Waals surface area contributed by atoms with Gasteiger partial charge in [-0.05, 0) is 12.3 Å².